The quantitative estimate of drug-likeness (QED) is 0.424. The molecule has 0 aliphatic rings. The lowest BCUT2D eigenvalue weighted by molar-refractivity contribution is -0.136. The van der Waals surface area contributed by atoms with Crippen molar-refractivity contribution in [3.63, 3.8) is 0 Å². The van der Waals surface area contributed by atoms with Gasteiger partial charge in [-0.05, 0) is 35.7 Å². The second kappa shape index (κ2) is 10.1. The summed E-state index contributed by atoms with van der Waals surface area (Å²) in [5.41, 5.74) is 4.45. The topological polar surface area (TPSA) is 98.2 Å². The first-order chi connectivity index (χ1) is 13.9. The van der Waals surface area contributed by atoms with Gasteiger partial charge < -0.3 is 19.5 Å². The number of anilines is 1. The SMILES string of the molecule is COc1cc(/C=N\NC(=O)C(=O)Nc2ccc(C(C)C)cc2)cc(OC)c1OC. The maximum Gasteiger partial charge on any atom is 0.329 e. The van der Waals surface area contributed by atoms with E-state index in [1.54, 1.807) is 24.3 Å². The molecule has 0 radical (unpaired) electrons. The fourth-order valence-corrected chi connectivity index (χ4v) is 2.53. The van der Waals surface area contributed by atoms with Crippen LogP contribution in [-0.4, -0.2) is 39.4 Å². The molecule has 2 N–H and O–H groups in total. The van der Waals surface area contributed by atoms with Gasteiger partial charge in [-0.2, -0.15) is 5.10 Å². The molecule has 0 saturated carbocycles. The van der Waals surface area contributed by atoms with E-state index >= 15 is 0 Å². The van der Waals surface area contributed by atoms with Gasteiger partial charge in [0.2, 0.25) is 5.75 Å². The van der Waals surface area contributed by atoms with Crippen LogP contribution >= 0.6 is 0 Å². The molecule has 0 unspecified atom stereocenters. The highest BCUT2D eigenvalue weighted by molar-refractivity contribution is 6.39. The number of ether oxygens (including phenoxy) is 3. The van der Waals surface area contributed by atoms with Crippen molar-refractivity contribution in [2.75, 3.05) is 26.6 Å². The van der Waals surface area contributed by atoms with E-state index in [4.69, 9.17) is 14.2 Å². The molecule has 0 bridgehead atoms. The second-order valence-electron chi connectivity index (χ2n) is 6.39. The minimum absolute atomic E-state index is 0.382. The summed E-state index contributed by atoms with van der Waals surface area (Å²) in [6, 6.07) is 10.6. The van der Waals surface area contributed by atoms with Crippen molar-refractivity contribution in [1.29, 1.82) is 0 Å². The number of nitrogens with zero attached hydrogens (tertiary/aromatic N) is 1. The minimum Gasteiger partial charge on any atom is -0.493 e. The number of hydrogen-bond donors (Lipinski definition) is 2. The van der Waals surface area contributed by atoms with Gasteiger partial charge in [0, 0.05) is 11.3 Å². The smallest absolute Gasteiger partial charge is 0.329 e. The van der Waals surface area contributed by atoms with Crippen LogP contribution in [0, 0.1) is 0 Å². The van der Waals surface area contributed by atoms with E-state index in [2.05, 4.69) is 29.7 Å². The minimum atomic E-state index is -0.887. The molecule has 29 heavy (non-hydrogen) atoms. The Morgan fingerprint density at radius 2 is 1.52 bits per heavy atom. The third-order valence-corrected chi connectivity index (χ3v) is 4.11. The third-order valence-electron chi connectivity index (χ3n) is 4.11. The van der Waals surface area contributed by atoms with Crippen molar-refractivity contribution in [3.8, 4) is 17.2 Å². The number of hydrazone groups is 1. The summed E-state index contributed by atoms with van der Waals surface area (Å²) >= 11 is 0. The molecule has 2 amide bonds. The number of hydrogen-bond acceptors (Lipinski definition) is 6. The Kier molecular flexibility index (Phi) is 7.59. The normalized spacial score (nSPS) is 10.7. The van der Waals surface area contributed by atoms with Gasteiger partial charge >= 0.3 is 11.8 Å². The van der Waals surface area contributed by atoms with E-state index in [-0.39, 0.29) is 0 Å². The zero-order valence-corrected chi connectivity index (χ0v) is 17.1. The molecule has 2 aromatic rings. The van der Waals surface area contributed by atoms with Gasteiger partial charge in [0.15, 0.2) is 11.5 Å². The summed E-state index contributed by atoms with van der Waals surface area (Å²) in [5.74, 6) is 0.0158. The summed E-state index contributed by atoms with van der Waals surface area (Å²) in [5, 5.41) is 6.34. The Morgan fingerprint density at radius 1 is 0.931 bits per heavy atom. The van der Waals surface area contributed by atoms with Gasteiger partial charge in [-0.15, -0.1) is 0 Å². The van der Waals surface area contributed by atoms with E-state index in [0.717, 1.165) is 5.56 Å². The molecule has 2 aromatic carbocycles. The maximum atomic E-state index is 12.0. The molecule has 8 heteroatoms. The highest BCUT2D eigenvalue weighted by atomic mass is 16.5. The van der Waals surface area contributed by atoms with E-state index in [0.29, 0.717) is 34.4 Å². The number of nitrogens with one attached hydrogen (secondary N) is 2. The number of carbonyl (C=O) groups excluding carboxylic acids is 2. The van der Waals surface area contributed by atoms with Crippen LogP contribution in [-0.2, 0) is 9.59 Å². The fourth-order valence-electron chi connectivity index (χ4n) is 2.53. The molecule has 0 heterocycles. The van der Waals surface area contributed by atoms with E-state index in [9.17, 15) is 9.59 Å². The average Bonchev–Trinajstić information content (AvgIpc) is 2.73. The van der Waals surface area contributed by atoms with E-state index < -0.39 is 11.8 Å². The van der Waals surface area contributed by atoms with Gasteiger partial charge in [-0.1, -0.05) is 26.0 Å². The van der Waals surface area contributed by atoms with Crippen molar-refractivity contribution in [2.24, 2.45) is 5.10 Å². The first-order valence-corrected chi connectivity index (χ1v) is 8.94. The molecule has 0 atom stereocenters. The lowest BCUT2D eigenvalue weighted by Gasteiger charge is -2.12. The van der Waals surface area contributed by atoms with Crippen LogP contribution < -0.4 is 25.0 Å². The second-order valence-corrected chi connectivity index (χ2v) is 6.39. The van der Waals surface area contributed by atoms with Crippen LogP contribution in [0.2, 0.25) is 0 Å². The van der Waals surface area contributed by atoms with Crippen molar-refractivity contribution < 1.29 is 23.8 Å². The van der Waals surface area contributed by atoms with Crippen molar-refractivity contribution in [3.05, 3.63) is 47.5 Å². The van der Waals surface area contributed by atoms with Gasteiger partial charge in [-0.3, -0.25) is 9.59 Å². The molecular weight excluding hydrogens is 374 g/mol. The molecule has 0 saturated heterocycles. The molecule has 0 aliphatic carbocycles. The van der Waals surface area contributed by atoms with Gasteiger partial charge in [0.25, 0.3) is 0 Å². The van der Waals surface area contributed by atoms with Crippen LogP contribution in [0.5, 0.6) is 17.2 Å². The summed E-state index contributed by atoms with van der Waals surface area (Å²) in [6.45, 7) is 4.15. The number of carbonyl (C=O) groups is 2. The maximum absolute atomic E-state index is 12.0. The average molecular weight is 399 g/mol. The molecule has 2 rings (SSSR count). The zero-order chi connectivity index (χ0) is 21.4. The third kappa shape index (κ3) is 5.71. The molecule has 0 aromatic heterocycles. The predicted octanol–water partition coefficient (Wildman–Crippen LogP) is 2.92. The lowest BCUT2D eigenvalue weighted by atomic mass is 10.0. The van der Waals surface area contributed by atoms with Crippen LogP contribution in [0.1, 0.15) is 30.9 Å². The van der Waals surface area contributed by atoms with Crippen molar-refractivity contribution in [1.82, 2.24) is 5.43 Å². The van der Waals surface area contributed by atoms with Gasteiger partial charge in [0.1, 0.15) is 0 Å². The van der Waals surface area contributed by atoms with Crippen molar-refractivity contribution >= 4 is 23.7 Å². The summed E-state index contributed by atoms with van der Waals surface area (Å²) in [4.78, 5) is 24.0. The lowest BCUT2D eigenvalue weighted by Crippen LogP contribution is -2.32. The Labute approximate surface area is 169 Å². The fraction of sp³-hybridized carbons (Fsp3) is 0.286. The highest BCUT2D eigenvalue weighted by Crippen LogP contribution is 2.37. The monoisotopic (exact) mass is 399 g/mol. The molecule has 154 valence electrons. The zero-order valence-electron chi connectivity index (χ0n) is 17.1. The molecule has 8 nitrogen and oxygen atoms in total. The summed E-state index contributed by atoms with van der Waals surface area (Å²) < 4.78 is 15.8. The Bertz CT molecular complexity index is 867. The number of benzene rings is 2. The van der Waals surface area contributed by atoms with Crippen molar-refractivity contribution in [2.45, 2.75) is 19.8 Å². The predicted molar refractivity (Wildman–Crippen MR) is 111 cm³/mol. The van der Waals surface area contributed by atoms with Gasteiger partial charge in [-0.25, -0.2) is 5.43 Å². The van der Waals surface area contributed by atoms with E-state index in [1.807, 2.05) is 12.1 Å². The molecule has 0 aliphatic heterocycles. The molecule has 0 spiro atoms. The van der Waals surface area contributed by atoms with Gasteiger partial charge in [0.05, 0.1) is 27.5 Å². The van der Waals surface area contributed by atoms with Crippen LogP contribution in [0.4, 0.5) is 5.69 Å². The Balaban J connectivity index is 2.00. The molecular formula is C21H25N3O5. The standard InChI is InChI=1S/C21H25N3O5/c1-13(2)15-6-8-16(9-7-15)23-20(25)21(26)24-22-12-14-10-17(27-3)19(29-5)18(11-14)28-4/h6-13H,1-5H3,(H,23,25)(H,24,26)/b22-12-. The molecule has 0 fully saturated rings. The largest absolute Gasteiger partial charge is 0.493 e. The number of rotatable bonds is 7. The van der Waals surface area contributed by atoms with E-state index in [1.165, 1.54) is 27.5 Å². The number of methoxy groups -OCH3 is 3. The number of amides is 2. The first kappa shape index (κ1) is 21.7. The Hall–Kier alpha value is -3.55. The first-order valence-electron chi connectivity index (χ1n) is 8.94. The highest BCUT2D eigenvalue weighted by Gasteiger charge is 2.14. The van der Waals surface area contributed by atoms with Crippen LogP contribution in [0.25, 0.3) is 0 Å². The van der Waals surface area contributed by atoms with Crippen LogP contribution in [0.15, 0.2) is 41.5 Å². The summed E-state index contributed by atoms with van der Waals surface area (Å²) in [6.07, 6.45) is 1.37. The Morgan fingerprint density at radius 3 is 2.00 bits per heavy atom. The van der Waals surface area contributed by atoms with Crippen LogP contribution in [0.3, 0.4) is 0 Å². The summed E-state index contributed by atoms with van der Waals surface area (Å²) in [7, 11) is 4.50.